The number of rotatable bonds is 43. The molecule has 0 rings (SSSR count). The number of carbonyl (C=O) groups excluding carboxylic acids is 2. The van der Waals surface area contributed by atoms with E-state index in [4.69, 9.17) is 23.6 Å². The molecule has 0 saturated carbocycles. The van der Waals surface area contributed by atoms with Crippen LogP contribution in [0, 0.1) is 0 Å². The van der Waals surface area contributed by atoms with E-state index in [1.165, 1.54) is 109 Å². The lowest BCUT2D eigenvalue weighted by molar-refractivity contribution is -0.161. The number of esters is 2. The van der Waals surface area contributed by atoms with Gasteiger partial charge in [-0.3, -0.25) is 18.6 Å². The van der Waals surface area contributed by atoms with Crippen LogP contribution in [0.15, 0.2) is 12.2 Å². The van der Waals surface area contributed by atoms with Crippen LogP contribution in [0.25, 0.3) is 0 Å². The number of hydrogen-bond acceptors (Lipinski definition) is 11. The molecule has 0 aromatic rings. The van der Waals surface area contributed by atoms with E-state index in [-0.39, 0.29) is 12.8 Å². The van der Waals surface area contributed by atoms with E-state index in [1.54, 1.807) is 0 Å². The van der Waals surface area contributed by atoms with E-state index in [0.29, 0.717) is 12.8 Å². The van der Waals surface area contributed by atoms with E-state index in [9.17, 15) is 34.4 Å². The topological polar surface area (TPSA) is 189 Å². The van der Waals surface area contributed by atoms with Crippen molar-refractivity contribution in [2.75, 3.05) is 26.4 Å². The minimum Gasteiger partial charge on any atom is -0.462 e. The normalized spacial score (nSPS) is 15.0. The Bertz CT molecular complexity index is 996. The standard InChI is InChI=1S/C44H85O12P/c1-3-5-7-9-11-13-15-17-19-21-23-25-27-29-31-33-42(48)53-37-39(38-54-57(51,52)56-41(36-46)44(50)40(47)35-45)55-43(49)34-32-30-28-26-24-22-20-18-16-14-12-10-8-6-4-2/h15,17,39-41,44-47,50H,3-14,16,18-38H2,1-2H3,(H,51,52)/b17-15-/t39-,40-,41-,44+/m1/s1. The first-order valence-corrected chi connectivity index (χ1v) is 24.3. The molecule has 0 aromatic heterocycles. The number of phosphoric acid groups is 1. The molecule has 0 saturated heterocycles. The molecule has 0 amide bonds. The highest BCUT2D eigenvalue weighted by Gasteiger charge is 2.35. The lowest BCUT2D eigenvalue weighted by atomic mass is 10.0. The monoisotopic (exact) mass is 837 g/mol. The van der Waals surface area contributed by atoms with Crippen LogP contribution in [0.3, 0.4) is 0 Å². The highest BCUT2D eigenvalue weighted by molar-refractivity contribution is 7.47. The minimum atomic E-state index is -4.96. The summed E-state index contributed by atoms with van der Waals surface area (Å²) in [5.74, 6) is -1.04. The number of ether oxygens (including phenoxy) is 2. The fourth-order valence-corrected chi connectivity index (χ4v) is 7.49. The molecule has 0 aliphatic carbocycles. The predicted octanol–water partition coefficient (Wildman–Crippen LogP) is 9.95. The van der Waals surface area contributed by atoms with Gasteiger partial charge in [-0.15, -0.1) is 0 Å². The molecule has 0 aliphatic rings. The Hall–Kier alpha value is -1.37. The number of allylic oxidation sites excluding steroid dienone is 2. The van der Waals surface area contributed by atoms with Crippen molar-refractivity contribution in [3.63, 3.8) is 0 Å². The molecule has 12 nitrogen and oxygen atoms in total. The Morgan fingerprint density at radius 3 is 1.39 bits per heavy atom. The number of hydrogen-bond donors (Lipinski definition) is 5. The van der Waals surface area contributed by atoms with Crippen molar-refractivity contribution in [3.05, 3.63) is 12.2 Å². The number of unbranched alkanes of at least 4 members (excludes halogenated alkanes) is 25. The number of carbonyl (C=O) groups is 2. The molecule has 5 N–H and O–H groups in total. The Kier molecular flexibility index (Phi) is 39.1. The summed E-state index contributed by atoms with van der Waals surface area (Å²) in [5.41, 5.74) is 0. The fourth-order valence-electron chi connectivity index (χ4n) is 6.54. The third-order valence-corrected chi connectivity index (χ3v) is 11.2. The molecule has 0 heterocycles. The first kappa shape index (κ1) is 55.6. The molecule has 13 heteroatoms. The smallest absolute Gasteiger partial charge is 0.462 e. The molecule has 0 fully saturated rings. The number of aliphatic hydroxyl groups is 4. The zero-order valence-corrected chi connectivity index (χ0v) is 36.9. The number of aliphatic hydroxyl groups excluding tert-OH is 4. The average molecular weight is 837 g/mol. The Morgan fingerprint density at radius 1 is 0.561 bits per heavy atom. The van der Waals surface area contributed by atoms with Gasteiger partial charge in [0.2, 0.25) is 0 Å². The van der Waals surface area contributed by atoms with E-state index in [0.717, 1.165) is 57.8 Å². The van der Waals surface area contributed by atoms with Crippen molar-refractivity contribution >= 4 is 19.8 Å². The SMILES string of the molecule is CCCCCCC/C=C\CCCCCCCCC(=O)OC[C@H](COP(=O)(O)O[C@H](CO)[C@@H](O)[C@H](O)CO)OC(=O)CCCCCCCCCCCCCCCCC. The van der Waals surface area contributed by atoms with Crippen molar-refractivity contribution in [1.82, 2.24) is 0 Å². The van der Waals surface area contributed by atoms with Gasteiger partial charge < -0.3 is 34.8 Å². The maximum Gasteiger partial charge on any atom is 0.472 e. The first-order valence-electron chi connectivity index (χ1n) is 22.8. The van der Waals surface area contributed by atoms with Gasteiger partial charge in [0.05, 0.1) is 19.8 Å². The Morgan fingerprint density at radius 2 is 0.965 bits per heavy atom. The van der Waals surface area contributed by atoms with Gasteiger partial charge in [-0.05, 0) is 38.5 Å². The molecule has 57 heavy (non-hydrogen) atoms. The maximum absolute atomic E-state index is 12.7. The third kappa shape index (κ3) is 36.2. The van der Waals surface area contributed by atoms with Crippen molar-refractivity contribution < 1.29 is 58.0 Å². The van der Waals surface area contributed by atoms with Crippen LogP contribution in [-0.2, 0) is 32.7 Å². The summed E-state index contributed by atoms with van der Waals surface area (Å²) in [7, 11) is -4.96. The van der Waals surface area contributed by atoms with Crippen LogP contribution in [0.1, 0.15) is 206 Å². The molecule has 338 valence electrons. The van der Waals surface area contributed by atoms with Crippen LogP contribution < -0.4 is 0 Å². The lowest BCUT2D eigenvalue weighted by Crippen LogP contribution is -2.42. The van der Waals surface area contributed by atoms with Gasteiger partial charge in [0, 0.05) is 12.8 Å². The maximum atomic E-state index is 12.7. The van der Waals surface area contributed by atoms with Crippen LogP contribution in [0.4, 0.5) is 0 Å². The highest BCUT2D eigenvalue weighted by atomic mass is 31.2. The summed E-state index contributed by atoms with van der Waals surface area (Å²) < 4.78 is 33.3. The molecule has 0 radical (unpaired) electrons. The molecule has 0 aromatic carbocycles. The second-order valence-electron chi connectivity index (χ2n) is 15.7. The lowest BCUT2D eigenvalue weighted by Gasteiger charge is -2.26. The summed E-state index contributed by atoms with van der Waals surface area (Å²) in [6, 6.07) is 0. The Balaban J connectivity index is 4.57. The van der Waals surface area contributed by atoms with Gasteiger partial charge in [-0.2, -0.15) is 0 Å². The van der Waals surface area contributed by atoms with Gasteiger partial charge in [0.15, 0.2) is 6.10 Å². The fraction of sp³-hybridized carbons (Fsp3) is 0.909. The van der Waals surface area contributed by atoms with Gasteiger partial charge in [0.25, 0.3) is 0 Å². The van der Waals surface area contributed by atoms with Crippen molar-refractivity contribution in [2.45, 2.75) is 231 Å². The quantitative estimate of drug-likeness (QED) is 0.0169. The molecule has 5 atom stereocenters. The van der Waals surface area contributed by atoms with E-state index < -0.39 is 70.6 Å². The van der Waals surface area contributed by atoms with E-state index in [1.807, 2.05) is 0 Å². The zero-order valence-electron chi connectivity index (χ0n) is 36.0. The average Bonchev–Trinajstić information content (AvgIpc) is 3.20. The van der Waals surface area contributed by atoms with Gasteiger partial charge in [-0.1, -0.05) is 167 Å². The number of phosphoric ester groups is 1. The van der Waals surface area contributed by atoms with Gasteiger partial charge in [0.1, 0.15) is 24.9 Å². The van der Waals surface area contributed by atoms with Crippen LogP contribution in [-0.4, -0.2) is 88.1 Å². The molecular weight excluding hydrogens is 751 g/mol. The molecule has 0 aliphatic heterocycles. The first-order chi connectivity index (χ1) is 27.6. The van der Waals surface area contributed by atoms with Crippen molar-refractivity contribution in [3.8, 4) is 0 Å². The van der Waals surface area contributed by atoms with E-state index >= 15 is 0 Å². The summed E-state index contributed by atoms with van der Waals surface area (Å²) in [6.45, 7) is 1.57. The summed E-state index contributed by atoms with van der Waals surface area (Å²) in [4.78, 5) is 35.4. The largest absolute Gasteiger partial charge is 0.472 e. The summed E-state index contributed by atoms with van der Waals surface area (Å²) in [6.07, 6.45) is 31.0. The summed E-state index contributed by atoms with van der Waals surface area (Å²) >= 11 is 0. The Labute approximate surface area is 346 Å². The van der Waals surface area contributed by atoms with Gasteiger partial charge >= 0.3 is 19.8 Å². The highest BCUT2D eigenvalue weighted by Crippen LogP contribution is 2.45. The van der Waals surface area contributed by atoms with E-state index in [2.05, 4.69) is 26.0 Å². The molecular formula is C44H85O12P. The third-order valence-electron chi connectivity index (χ3n) is 10.2. The molecule has 0 spiro atoms. The zero-order chi connectivity index (χ0) is 42.2. The summed E-state index contributed by atoms with van der Waals surface area (Å²) in [5, 5.41) is 38.2. The second kappa shape index (κ2) is 40.1. The van der Waals surface area contributed by atoms with Crippen molar-refractivity contribution in [1.29, 1.82) is 0 Å². The van der Waals surface area contributed by atoms with Crippen LogP contribution in [0.5, 0.6) is 0 Å². The van der Waals surface area contributed by atoms with Crippen LogP contribution >= 0.6 is 7.82 Å². The molecule has 0 bridgehead atoms. The van der Waals surface area contributed by atoms with Crippen LogP contribution in [0.2, 0.25) is 0 Å². The predicted molar refractivity (Wildman–Crippen MR) is 227 cm³/mol. The second-order valence-corrected chi connectivity index (χ2v) is 17.1. The molecule has 1 unspecified atom stereocenters. The van der Waals surface area contributed by atoms with Gasteiger partial charge in [-0.25, -0.2) is 4.57 Å². The minimum absolute atomic E-state index is 0.128. The van der Waals surface area contributed by atoms with Crippen molar-refractivity contribution in [2.24, 2.45) is 0 Å².